The van der Waals surface area contributed by atoms with Gasteiger partial charge in [0, 0.05) is 29.2 Å². The number of nitrogens with zero attached hydrogens (tertiary/aromatic N) is 1. The maximum absolute atomic E-state index is 14.2. The molecule has 0 aliphatic heterocycles. The fourth-order valence-electron chi connectivity index (χ4n) is 3.02. The molecule has 0 bridgehead atoms. The van der Waals surface area contributed by atoms with E-state index in [4.69, 9.17) is 11.6 Å². The van der Waals surface area contributed by atoms with E-state index in [0.717, 1.165) is 37.3 Å². The molecule has 0 heterocycles. The zero-order valence-corrected chi connectivity index (χ0v) is 16.6. The molecule has 5 nitrogen and oxygen atoms in total. The minimum Gasteiger partial charge on any atom is -0.349 e. The van der Waals surface area contributed by atoms with E-state index >= 15 is 0 Å². The Morgan fingerprint density at radius 2 is 1.79 bits per heavy atom. The molecule has 4 rings (SSSR count). The van der Waals surface area contributed by atoms with Crippen LogP contribution in [0.5, 0.6) is 0 Å². The van der Waals surface area contributed by atoms with Crippen molar-refractivity contribution in [3.8, 4) is 0 Å². The van der Waals surface area contributed by atoms with Crippen molar-refractivity contribution in [3.05, 3.63) is 64.4 Å². The second-order valence-electron chi connectivity index (χ2n) is 7.30. The number of sulfonamides is 1. The molecule has 2 aromatic rings. The molecule has 0 aromatic heterocycles. The van der Waals surface area contributed by atoms with Gasteiger partial charge in [-0.2, -0.15) is 4.31 Å². The van der Waals surface area contributed by atoms with E-state index in [1.165, 1.54) is 16.4 Å². The average molecular weight is 423 g/mol. The number of halogens is 2. The van der Waals surface area contributed by atoms with E-state index in [2.05, 4.69) is 5.32 Å². The van der Waals surface area contributed by atoms with E-state index < -0.39 is 15.8 Å². The minimum atomic E-state index is -4.00. The van der Waals surface area contributed by atoms with Gasteiger partial charge in [0.1, 0.15) is 10.7 Å². The second-order valence-corrected chi connectivity index (χ2v) is 9.60. The van der Waals surface area contributed by atoms with E-state index in [-0.39, 0.29) is 34.5 Å². The molecule has 0 radical (unpaired) electrons. The van der Waals surface area contributed by atoms with Crippen LogP contribution < -0.4 is 5.32 Å². The highest BCUT2D eigenvalue weighted by atomic mass is 35.5. The summed E-state index contributed by atoms with van der Waals surface area (Å²) in [5.74, 6) is -0.978. The Kier molecular flexibility index (Phi) is 5.16. The number of nitrogens with one attached hydrogen (secondary N) is 1. The van der Waals surface area contributed by atoms with Crippen molar-refractivity contribution < 1.29 is 17.6 Å². The van der Waals surface area contributed by atoms with Gasteiger partial charge in [-0.1, -0.05) is 23.7 Å². The SMILES string of the molecule is O=C(NC1CC1)c1ccc(CN(C2CC2)S(=O)(=O)c2ccc(Cl)cc2F)cc1. The van der Waals surface area contributed by atoms with E-state index in [1.807, 2.05) is 0 Å². The summed E-state index contributed by atoms with van der Waals surface area (Å²) in [6, 6.07) is 10.6. The molecule has 2 aliphatic rings. The fraction of sp³-hybridized carbons (Fsp3) is 0.350. The number of rotatable bonds is 7. The van der Waals surface area contributed by atoms with Gasteiger partial charge in [-0.25, -0.2) is 12.8 Å². The zero-order chi connectivity index (χ0) is 19.9. The molecule has 0 atom stereocenters. The van der Waals surface area contributed by atoms with Crippen molar-refractivity contribution in [2.45, 2.75) is 49.2 Å². The van der Waals surface area contributed by atoms with Crippen molar-refractivity contribution in [2.75, 3.05) is 0 Å². The third kappa shape index (κ3) is 4.21. The average Bonchev–Trinajstić information content (AvgIpc) is 3.54. The first-order chi connectivity index (χ1) is 13.3. The normalized spacial score (nSPS) is 17.0. The van der Waals surface area contributed by atoms with Crippen LogP contribution in [0.15, 0.2) is 47.4 Å². The lowest BCUT2D eigenvalue weighted by Crippen LogP contribution is -2.33. The van der Waals surface area contributed by atoms with E-state index in [9.17, 15) is 17.6 Å². The van der Waals surface area contributed by atoms with Gasteiger partial charge in [0.25, 0.3) is 5.91 Å². The molecular formula is C20H20ClFN2O3S. The maximum Gasteiger partial charge on any atom is 0.251 e. The fourth-order valence-corrected chi connectivity index (χ4v) is 4.90. The third-order valence-electron chi connectivity index (χ3n) is 4.90. The van der Waals surface area contributed by atoms with Crippen LogP contribution in [0, 0.1) is 5.82 Å². The van der Waals surface area contributed by atoms with Crippen LogP contribution in [0.25, 0.3) is 0 Å². The summed E-state index contributed by atoms with van der Waals surface area (Å²) in [4.78, 5) is 11.7. The van der Waals surface area contributed by atoms with Crippen LogP contribution in [0.4, 0.5) is 4.39 Å². The Morgan fingerprint density at radius 3 is 2.36 bits per heavy atom. The molecule has 28 heavy (non-hydrogen) atoms. The first-order valence-electron chi connectivity index (χ1n) is 9.21. The van der Waals surface area contributed by atoms with Gasteiger partial charge < -0.3 is 5.32 Å². The summed E-state index contributed by atoms with van der Waals surface area (Å²) in [6.45, 7) is 0.125. The van der Waals surface area contributed by atoms with E-state index in [0.29, 0.717) is 5.56 Å². The topological polar surface area (TPSA) is 66.5 Å². The highest BCUT2D eigenvalue weighted by Gasteiger charge is 2.39. The summed E-state index contributed by atoms with van der Waals surface area (Å²) in [5.41, 5.74) is 1.29. The first kappa shape index (κ1) is 19.4. The van der Waals surface area contributed by atoms with Gasteiger partial charge in [-0.3, -0.25) is 4.79 Å². The summed E-state index contributed by atoms with van der Waals surface area (Å²) in [7, 11) is -4.00. The van der Waals surface area contributed by atoms with E-state index in [1.54, 1.807) is 24.3 Å². The Labute approximate surface area is 168 Å². The Balaban J connectivity index is 1.54. The van der Waals surface area contributed by atoms with Gasteiger partial charge in [0.05, 0.1) is 0 Å². The van der Waals surface area contributed by atoms with Crippen LogP contribution in [0.3, 0.4) is 0 Å². The van der Waals surface area contributed by atoms with Crippen molar-refractivity contribution in [1.82, 2.24) is 9.62 Å². The number of hydrogen-bond acceptors (Lipinski definition) is 3. The predicted octanol–water partition coefficient (Wildman–Crippen LogP) is 3.72. The number of hydrogen-bond donors (Lipinski definition) is 1. The van der Waals surface area contributed by atoms with Crippen LogP contribution in [-0.2, 0) is 16.6 Å². The lowest BCUT2D eigenvalue weighted by molar-refractivity contribution is 0.0951. The standard InChI is InChI=1S/C20H20ClFN2O3S/c21-15-5-10-19(18(22)11-15)28(26,27)24(17-8-9-17)12-13-1-3-14(4-2-13)20(25)23-16-6-7-16/h1-5,10-11,16-17H,6-9,12H2,(H,23,25). The molecule has 1 N–H and O–H groups in total. The Hall–Kier alpha value is -1.96. The maximum atomic E-state index is 14.2. The number of carbonyl (C=O) groups excluding carboxylic acids is 1. The summed E-state index contributed by atoms with van der Waals surface area (Å²) < 4.78 is 41.6. The number of benzene rings is 2. The Bertz CT molecular complexity index is 1000. The lowest BCUT2D eigenvalue weighted by atomic mass is 10.1. The molecule has 0 unspecified atom stereocenters. The van der Waals surface area contributed by atoms with Gasteiger partial charge in [0.15, 0.2) is 0 Å². The zero-order valence-electron chi connectivity index (χ0n) is 15.1. The second kappa shape index (κ2) is 7.46. The monoisotopic (exact) mass is 422 g/mol. The van der Waals surface area contributed by atoms with Gasteiger partial charge in [-0.15, -0.1) is 0 Å². The molecule has 0 saturated heterocycles. The van der Waals surface area contributed by atoms with Crippen LogP contribution in [-0.4, -0.2) is 30.7 Å². The van der Waals surface area contributed by atoms with Crippen LogP contribution >= 0.6 is 11.6 Å². The van der Waals surface area contributed by atoms with Gasteiger partial charge >= 0.3 is 0 Å². The van der Waals surface area contributed by atoms with Crippen LogP contribution in [0.1, 0.15) is 41.6 Å². The summed E-state index contributed by atoms with van der Waals surface area (Å²) in [6.07, 6.45) is 3.52. The molecule has 0 spiro atoms. The van der Waals surface area contributed by atoms with Crippen molar-refractivity contribution in [3.63, 3.8) is 0 Å². The first-order valence-corrected chi connectivity index (χ1v) is 11.0. The third-order valence-corrected chi connectivity index (χ3v) is 7.07. The van der Waals surface area contributed by atoms with Crippen LogP contribution in [0.2, 0.25) is 5.02 Å². The highest BCUT2D eigenvalue weighted by molar-refractivity contribution is 7.89. The highest BCUT2D eigenvalue weighted by Crippen LogP contribution is 2.34. The van der Waals surface area contributed by atoms with Crippen molar-refractivity contribution in [1.29, 1.82) is 0 Å². The largest absolute Gasteiger partial charge is 0.349 e. The number of carbonyl (C=O) groups is 1. The summed E-state index contributed by atoms with van der Waals surface area (Å²) >= 11 is 5.75. The van der Waals surface area contributed by atoms with Gasteiger partial charge in [0.2, 0.25) is 10.0 Å². The molecule has 2 aliphatic carbocycles. The molecule has 8 heteroatoms. The molecule has 1 amide bonds. The van der Waals surface area contributed by atoms with Crippen molar-refractivity contribution in [2.24, 2.45) is 0 Å². The molecular weight excluding hydrogens is 403 g/mol. The molecule has 2 saturated carbocycles. The lowest BCUT2D eigenvalue weighted by Gasteiger charge is -2.22. The Morgan fingerprint density at radius 1 is 1.11 bits per heavy atom. The molecule has 148 valence electrons. The van der Waals surface area contributed by atoms with Gasteiger partial charge in [-0.05, 0) is 61.6 Å². The minimum absolute atomic E-state index is 0.121. The molecule has 2 aromatic carbocycles. The molecule has 2 fully saturated rings. The summed E-state index contributed by atoms with van der Waals surface area (Å²) in [5, 5.41) is 3.07. The predicted molar refractivity (Wildman–Crippen MR) is 104 cm³/mol. The smallest absolute Gasteiger partial charge is 0.251 e. The number of amides is 1. The quantitative estimate of drug-likeness (QED) is 0.739. The van der Waals surface area contributed by atoms with Crippen molar-refractivity contribution >= 4 is 27.5 Å².